The molecule has 1 aliphatic rings. The number of nitrogens with zero attached hydrogens (tertiary/aromatic N) is 1. The third kappa shape index (κ3) is 3.20. The van der Waals surface area contributed by atoms with Gasteiger partial charge in [0.15, 0.2) is 0 Å². The lowest BCUT2D eigenvalue weighted by Crippen LogP contribution is -2.35. The third-order valence-corrected chi connectivity index (χ3v) is 3.52. The van der Waals surface area contributed by atoms with Crippen molar-refractivity contribution in [1.29, 1.82) is 0 Å². The molecule has 15 heavy (non-hydrogen) atoms. The molecule has 1 aliphatic heterocycles. The summed E-state index contributed by atoms with van der Waals surface area (Å²) in [7, 11) is 0. The van der Waals surface area contributed by atoms with E-state index in [1.54, 1.807) is 0 Å². The molecule has 0 spiro atoms. The van der Waals surface area contributed by atoms with Crippen LogP contribution in [0, 0.1) is 17.8 Å². The highest BCUT2D eigenvalue weighted by molar-refractivity contribution is 5.79. The molecule has 3 heteroatoms. The number of hydrogen-bond donors (Lipinski definition) is 1. The summed E-state index contributed by atoms with van der Waals surface area (Å²) in [6.45, 7) is 8.14. The first-order chi connectivity index (χ1) is 7.06. The Morgan fingerprint density at radius 2 is 2.13 bits per heavy atom. The molecule has 0 aliphatic carbocycles. The van der Waals surface area contributed by atoms with E-state index >= 15 is 0 Å². The predicted octanol–water partition coefficient (Wildman–Crippen LogP) is 1.51. The molecule has 2 atom stereocenters. The number of carbonyl (C=O) groups excluding carboxylic acids is 1. The second-order valence-corrected chi connectivity index (χ2v) is 4.98. The zero-order valence-electron chi connectivity index (χ0n) is 10.1. The maximum absolute atomic E-state index is 12.0. The van der Waals surface area contributed by atoms with Gasteiger partial charge in [-0.1, -0.05) is 20.8 Å². The van der Waals surface area contributed by atoms with Crippen LogP contribution in [-0.4, -0.2) is 35.6 Å². The van der Waals surface area contributed by atoms with Crippen LogP contribution in [0.1, 0.15) is 33.6 Å². The fourth-order valence-corrected chi connectivity index (χ4v) is 2.02. The van der Waals surface area contributed by atoms with Gasteiger partial charge in [-0.2, -0.15) is 0 Å². The van der Waals surface area contributed by atoms with Crippen LogP contribution in [0.2, 0.25) is 0 Å². The Labute approximate surface area is 92.5 Å². The molecule has 1 rings (SSSR count). The van der Waals surface area contributed by atoms with Gasteiger partial charge in [0.25, 0.3) is 0 Å². The summed E-state index contributed by atoms with van der Waals surface area (Å²) < 4.78 is 0. The van der Waals surface area contributed by atoms with Crippen molar-refractivity contribution >= 4 is 5.91 Å². The monoisotopic (exact) mass is 213 g/mol. The molecule has 2 unspecified atom stereocenters. The van der Waals surface area contributed by atoms with E-state index in [0.717, 1.165) is 25.9 Å². The van der Waals surface area contributed by atoms with E-state index in [1.165, 1.54) is 0 Å². The molecule has 1 saturated heterocycles. The fourth-order valence-electron chi connectivity index (χ4n) is 2.02. The molecule has 0 aromatic heterocycles. The minimum absolute atomic E-state index is 0.123. The van der Waals surface area contributed by atoms with Crippen LogP contribution >= 0.6 is 0 Å². The molecule has 1 fully saturated rings. The normalized spacial score (nSPS) is 23.5. The van der Waals surface area contributed by atoms with Crippen molar-refractivity contribution in [2.45, 2.75) is 33.6 Å². The number of carbonyl (C=O) groups is 1. The Bertz CT molecular complexity index is 216. The Morgan fingerprint density at radius 3 is 2.67 bits per heavy atom. The van der Waals surface area contributed by atoms with Crippen LogP contribution in [0.3, 0.4) is 0 Å². The zero-order chi connectivity index (χ0) is 11.4. The van der Waals surface area contributed by atoms with Crippen LogP contribution < -0.4 is 0 Å². The summed E-state index contributed by atoms with van der Waals surface area (Å²) in [6, 6.07) is 0. The standard InChI is InChI=1S/C12H23NO2/c1-9(2)10(3)12(15)13-6-4-11(8-13)5-7-14/h9-11,14H,4-8H2,1-3H3. The minimum atomic E-state index is 0.123. The first-order valence-corrected chi connectivity index (χ1v) is 5.96. The lowest BCUT2D eigenvalue weighted by atomic mass is 9.97. The Morgan fingerprint density at radius 1 is 1.47 bits per heavy atom. The first kappa shape index (κ1) is 12.5. The Kier molecular flexibility index (Phi) is 4.58. The average Bonchev–Trinajstić information content (AvgIpc) is 2.64. The second kappa shape index (κ2) is 5.50. The number of rotatable bonds is 4. The van der Waals surface area contributed by atoms with Crippen molar-refractivity contribution in [2.24, 2.45) is 17.8 Å². The zero-order valence-corrected chi connectivity index (χ0v) is 10.1. The summed E-state index contributed by atoms with van der Waals surface area (Å²) in [5, 5.41) is 8.85. The van der Waals surface area contributed by atoms with E-state index in [-0.39, 0.29) is 18.4 Å². The molecule has 0 bridgehead atoms. The highest BCUT2D eigenvalue weighted by atomic mass is 16.3. The van der Waals surface area contributed by atoms with Gasteiger partial charge in [-0.05, 0) is 24.7 Å². The lowest BCUT2D eigenvalue weighted by molar-refractivity contribution is -0.135. The van der Waals surface area contributed by atoms with Crippen LogP contribution in [0.25, 0.3) is 0 Å². The van der Waals surface area contributed by atoms with Crippen molar-refractivity contribution in [3.05, 3.63) is 0 Å². The van der Waals surface area contributed by atoms with Gasteiger partial charge in [-0.15, -0.1) is 0 Å². The van der Waals surface area contributed by atoms with Gasteiger partial charge in [0, 0.05) is 25.6 Å². The number of aliphatic hydroxyl groups excluding tert-OH is 1. The van der Waals surface area contributed by atoms with Crippen molar-refractivity contribution in [2.75, 3.05) is 19.7 Å². The topological polar surface area (TPSA) is 40.5 Å². The number of likely N-dealkylation sites (tertiary alicyclic amines) is 1. The van der Waals surface area contributed by atoms with Crippen LogP contribution in [0.4, 0.5) is 0 Å². The quantitative estimate of drug-likeness (QED) is 0.769. The van der Waals surface area contributed by atoms with Gasteiger partial charge in [-0.25, -0.2) is 0 Å². The average molecular weight is 213 g/mol. The summed E-state index contributed by atoms with van der Waals surface area (Å²) in [5.41, 5.74) is 0. The van der Waals surface area contributed by atoms with Gasteiger partial charge in [-0.3, -0.25) is 4.79 Å². The molecule has 0 aromatic carbocycles. The SMILES string of the molecule is CC(C)C(C)C(=O)N1CCC(CCO)C1. The maximum atomic E-state index is 12.0. The van der Waals surface area contributed by atoms with Crippen LogP contribution in [0.5, 0.6) is 0 Å². The van der Waals surface area contributed by atoms with Gasteiger partial charge < -0.3 is 10.0 Å². The third-order valence-electron chi connectivity index (χ3n) is 3.52. The molecule has 0 aromatic rings. The van der Waals surface area contributed by atoms with E-state index in [4.69, 9.17) is 5.11 Å². The maximum Gasteiger partial charge on any atom is 0.225 e. The number of aliphatic hydroxyl groups is 1. The smallest absolute Gasteiger partial charge is 0.225 e. The van der Waals surface area contributed by atoms with E-state index in [2.05, 4.69) is 13.8 Å². The van der Waals surface area contributed by atoms with Gasteiger partial charge in [0.2, 0.25) is 5.91 Å². The van der Waals surface area contributed by atoms with Gasteiger partial charge in [0.05, 0.1) is 0 Å². The minimum Gasteiger partial charge on any atom is -0.396 e. The van der Waals surface area contributed by atoms with Gasteiger partial charge in [0.1, 0.15) is 0 Å². The highest BCUT2D eigenvalue weighted by Gasteiger charge is 2.29. The molecular formula is C12H23NO2. The molecule has 1 N–H and O–H groups in total. The molecule has 1 heterocycles. The Hall–Kier alpha value is -0.570. The van der Waals surface area contributed by atoms with Crippen molar-refractivity contribution in [3.8, 4) is 0 Å². The van der Waals surface area contributed by atoms with Crippen LogP contribution in [-0.2, 0) is 4.79 Å². The van der Waals surface area contributed by atoms with Crippen molar-refractivity contribution < 1.29 is 9.90 Å². The lowest BCUT2D eigenvalue weighted by Gasteiger charge is -2.23. The van der Waals surface area contributed by atoms with Crippen molar-refractivity contribution in [1.82, 2.24) is 4.90 Å². The van der Waals surface area contributed by atoms with Gasteiger partial charge >= 0.3 is 0 Å². The predicted molar refractivity (Wildman–Crippen MR) is 60.4 cm³/mol. The van der Waals surface area contributed by atoms with E-state index < -0.39 is 0 Å². The summed E-state index contributed by atoms with van der Waals surface area (Å²) in [5.74, 6) is 1.33. The van der Waals surface area contributed by atoms with Crippen molar-refractivity contribution in [3.63, 3.8) is 0 Å². The van der Waals surface area contributed by atoms with Crippen LogP contribution in [0.15, 0.2) is 0 Å². The molecule has 1 amide bonds. The molecule has 88 valence electrons. The molecule has 0 saturated carbocycles. The molecule has 0 radical (unpaired) electrons. The Balaban J connectivity index is 2.43. The molecule has 3 nitrogen and oxygen atoms in total. The first-order valence-electron chi connectivity index (χ1n) is 5.96. The van der Waals surface area contributed by atoms with E-state index in [0.29, 0.717) is 11.8 Å². The van der Waals surface area contributed by atoms with E-state index in [9.17, 15) is 4.79 Å². The second-order valence-electron chi connectivity index (χ2n) is 4.98. The molecular weight excluding hydrogens is 190 g/mol. The summed E-state index contributed by atoms with van der Waals surface area (Å²) in [4.78, 5) is 14.0. The van der Waals surface area contributed by atoms with E-state index in [1.807, 2.05) is 11.8 Å². The fraction of sp³-hybridized carbons (Fsp3) is 0.917. The summed E-state index contributed by atoms with van der Waals surface area (Å²) in [6.07, 6.45) is 1.89. The number of hydrogen-bond acceptors (Lipinski definition) is 2. The largest absolute Gasteiger partial charge is 0.396 e. The summed E-state index contributed by atoms with van der Waals surface area (Å²) >= 11 is 0. The number of amides is 1. The highest BCUT2D eigenvalue weighted by Crippen LogP contribution is 2.22.